The van der Waals surface area contributed by atoms with E-state index in [4.69, 9.17) is 4.74 Å². The van der Waals surface area contributed by atoms with Crippen LogP contribution in [0.3, 0.4) is 0 Å². The lowest BCUT2D eigenvalue weighted by Crippen LogP contribution is -2.38. The van der Waals surface area contributed by atoms with Crippen LogP contribution in [0.25, 0.3) is 0 Å². The molecule has 3 rings (SSSR count). The standard InChI is InChI=1S/C15H18F2N2O2/c16-13(17)9-21-11-6-4-10(5-7-11)14-18-15(20)12-3-1-2-8-19(12)14/h4-7,12-14H,1-3,8-9H2,(H,18,20)/t12-,14+/m0/s1. The van der Waals surface area contributed by atoms with Crippen LogP contribution in [0.4, 0.5) is 8.78 Å². The summed E-state index contributed by atoms with van der Waals surface area (Å²) in [7, 11) is 0. The topological polar surface area (TPSA) is 41.6 Å². The Kier molecular flexibility index (Phi) is 4.05. The van der Waals surface area contributed by atoms with Crippen molar-refractivity contribution >= 4 is 5.91 Å². The zero-order chi connectivity index (χ0) is 14.8. The second-order valence-electron chi connectivity index (χ2n) is 5.43. The van der Waals surface area contributed by atoms with E-state index in [1.54, 1.807) is 12.1 Å². The molecule has 114 valence electrons. The van der Waals surface area contributed by atoms with Crippen LogP contribution in [-0.4, -0.2) is 36.4 Å². The number of hydrogen-bond acceptors (Lipinski definition) is 3. The van der Waals surface area contributed by atoms with Crippen LogP contribution >= 0.6 is 0 Å². The normalized spacial score (nSPS) is 25.8. The van der Waals surface area contributed by atoms with E-state index in [-0.39, 0.29) is 18.1 Å². The molecule has 0 spiro atoms. The first-order valence-electron chi connectivity index (χ1n) is 7.22. The minimum absolute atomic E-state index is 0.0292. The number of fused-ring (bicyclic) bond motifs is 1. The predicted molar refractivity (Wildman–Crippen MR) is 73.2 cm³/mol. The first-order chi connectivity index (χ1) is 10.1. The van der Waals surface area contributed by atoms with E-state index in [2.05, 4.69) is 10.2 Å². The average molecular weight is 296 g/mol. The lowest BCUT2D eigenvalue weighted by molar-refractivity contribution is -0.122. The summed E-state index contributed by atoms with van der Waals surface area (Å²) in [5, 5.41) is 3.01. The number of benzene rings is 1. The van der Waals surface area contributed by atoms with Gasteiger partial charge in [-0.25, -0.2) is 8.78 Å². The summed E-state index contributed by atoms with van der Waals surface area (Å²) < 4.78 is 29.2. The number of ether oxygens (including phenoxy) is 1. The smallest absolute Gasteiger partial charge is 0.272 e. The SMILES string of the molecule is O=C1N[C@@H](c2ccc(OCC(F)F)cc2)N2CCCC[C@@H]12. The van der Waals surface area contributed by atoms with Crippen LogP contribution in [0.1, 0.15) is 31.0 Å². The Labute approximate surface area is 122 Å². The molecule has 1 amide bonds. The van der Waals surface area contributed by atoms with Gasteiger partial charge in [-0.1, -0.05) is 18.6 Å². The zero-order valence-corrected chi connectivity index (χ0v) is 11.6. The van der Waals surface area contributed by atoms with E-state index < -0.39 is 13.0 Å². The van der Waals surface area contributed by atoms with E-state index in [9.17, 15) is 13.6 Å². The predicted octanol–water partition coefficient (Wildman–Crippen LogP) is 2.31. The maximum atomic E-state index is 12.1. The molecule has 0 saturated carbocycles. The van der Waals surface area contributed by atoms with Crippen molar-refractivity contribution in [3.8, 4) is 5.75 Å². The molecule has 2 aliphatic heterocycles. The molecule has 0 aromatic heterocycles. The summed E-state index contributed by atoms with van der Waals surface area (Å²) in [5.74, 6) is 0.497. The van der Waals surface area contributed by atoms with Crippen molar-refractivity contribution in [2.45, 2.75) is 37.9 Å². The van der Waals surface area contributed by atoms with Crippen LogP contribution in [0.15, 0.2) is 24.3 Å². The van der Waals surface area contributed by atoms with Crippen molar-refractivity contribution < 1.29 is 18.3 Å². The van der Waals surface area contributed by atoms with Crippen molar-refractivity contribution in [1.29, 1.82) is 0 Å². The Bertz CT molecular complexity index is 507. The fourth-order valence-electron chi connectivity index (χ4n) is 3.04. The van der Waals surface area contributed by atoms with Crippen LogP contribution in [0.5, 0.6) is 5.75 Å². The summed E-state index contributed by atoms with van der Waals surface area (Å²) >= 11 is 0. The monoisotopic (exact) mass is 296 g/mol. The van der Waals surface area contributed by atoms with Gasteiger partial charge in [0.05, 0.1) is 6.04 Å². The minimum Gasteiger partial charge on any atom is -0.488 e. The Hall–Kier alpha value is -1.69. The van der Waals surface area contributed by atoms with E-state index in [1.807, 2.05) is 12.1 Å². The second kappa shape index (κ2) is 5.97. The number of nitrogens with zero attached hydrogens (tertiary/aromatic N) is 1. The molecular formula is C15H18F2N2O2. The molecule has 21 heavy (non-hydrogen) atoms. The number of alkyl halides is 2. The molecule has 2 aliphatic rings. The van der Waals surface area contributed by atoms with Crippen LogP contribution in [0, 0.1) is 0 Å². The lowest BCUT2D eigenvalue weighted by Gasteiger charge is -2.31. The number of carbonyl (C=O) groups is 1. The lowest BCUT2D eigenvalue weighted by atomic mass is 10.0. The molecule has 4 nitrogen and oxygen atoms in total. The van der Waals surface area contributed by atoms with E-state index in [0.717, 1.165) is 31.4 Å². The number of piperidine rings is 1. The maximum absolute atomic E-state index is 12.1. The highest BCUT2D eigenvalue weighted by molar-refractivity contribution is 5.84. The molecule has 2 fully saturated rings. The van der Waals surface area contributed by atoms with Gasteiger partial charge in [0, 0.05) is 6.54 Å². The summed E-state index contributed by atoms with van der Waals surface area (Å²) in [5.41, 5.74) is 0.956. The second-order valence-corrected chi connectivity index (χ2v) is 5.43. The van der Waals surface area contributed by atoms with E-state index in [1.165, 1.54) is 0 Å². The van der Waals surface area contributed by atoms with Gasteiger partial charge in [0.25, 0.3) is 6.43 Å². The van der Waals surface area contributed by atoms with Crippen molar-refractivity contribution in [1.82, 2.24) is 10.2 Å². The quantitative estimate of drug-likeness (QED) is 0.927. The van der Waals surface area contributed by atoms with Crippen molar-refractivity contribution in [2.24, 2.45) is 0 Å². The third kappa shape index (κ3) is 3.00. The number of rotatable bonds is 4. The molecule has 6 heteroatoms. The van der Waals surface area contributed by atoms with Crippen LogP contribution in [-0.2, 0) is 4.79 Å². The Morgan fingerprint density at radius 2 is 2.05 bits per heavy atom. The van der Waals surface area contributed by atoms with Gasteiger partial charge in [-0.2, -0.15) is 0 Å². The Morgan fingerprint density at radius 1 is 1.29 bits per heavy atom. The summed E-state index contributed by atoms with van der Waals surface area (Å²) in [6.45, 7) is 0.297. The highest BCUT2D eigenvalue weighted by atomic mass is 19.3. The first-order valence-corrected chi connectivity index (χ1v) is 7.22. The highest BCUT2D eigenvalue weighted by Gasteiger charge is 2.41. The third-order valence-electron chi connectivity index (χ3n) is 4.03. The number of amides is 1. The Morgan fingerprint density at radius 3 is 2.76 bits per heavy atom. The summed E-state index contributed by atoms with van der Waals surface area (Å²) in [6.07, 6.45) is 0.483. The molecule has 1 aromatic rings. The minimum atomic E-state index is -2.48. The number of halogens is 2. The molecule has 2 saturated heterocycles. The van der Waals surface area contributed by atoms with Gasteiger partial charge in [0.15, 0.2) is 0 Å². The third-order valence-corrected chi connectivity index (χ3v) is 4.03. The molecule has 0 radical (unpaired) electrons. The van der Waals surface area contributed by atoms with Gasteiger partial charge in [-0.05, 0) is 30.5 Å². The number of hydrogen-bond donors (Lipinski definition) is 1. The summed E-state index contributed by atoms with van der Waals surface area (Å²) in [6, 6.07) is 6.95. The van der Waals surface area contributed by atoms with Crippen LogP contribution < -0.4 is 10.1 Å². The maximum Gasteiger partial charge on any atom is 0.272 e. The molecule has 1 aromatic carbocycles. The van der Waals surface area contributed by atoms with Gasteiger partial charge in [0.1, 0.15) is 18.5 Å². The molecule has 0 aliphatic carbocycles. The van der Waals surface area contributed by atoms with Gasteiger partial charge < -0.3 is 10.1 Å². The molecule has 0 unspecified atom stereocenters. The van der Waals surface area contributed by atoms with Gasteiger partial charge >= 0.3 is 0 Å². The van der Waals surface area contributed by atoms with Crippen molar-refractivity contribution in [2.75, 3.05) is 13.2 Å². The molecular weight excluding hydrogens is 278 g/mol. The van der Waals surface area contributed by atoms with E-state index in [0.29, 0.717) is 5.75 Å². The van der Waals surface area contributed by atoms with Crippen molar-refractivity contribution in [3.05, 3.63) is 29.8 Å². The number of carbonyl (C=O) groups excluding carboxylic acids is 1. The van der Waals surface area contributed by atoms with Gasteiger partial charge in [-0.3, -0.25) is 9.69 Å². The zero-order valence-electron chi connectivity index (χ0n) is 11.6. The van der Waals surface area contributed by atoms with Crippen molar-refractivity contribution in [3.63, 3.8) is 0 Å². The fraction of sp³-hybridized carbons (Fsp3) is 0.533. The first kappa shape index (κ1) is 14.3. The van der Waals surface area contributed by atoms with Gasteiger partial charge in [-0.15, -0.1) is 0 Å². The molecule has 1 N–H and O–H groups in total. The highest BCUT2D eigenvalue weighted by Crippen LogP contribution is 2.32. The summed E-state index contributed by atoms with van der Waals surface area (Å²) in [4.78, 5) is 14.2. The molecule has 2 atom stereocenters. The number of nitrogens with one attached hydrogen (secondary N) is 1. The largest absolute Gasteiger partial charge is 0.488 e. The van der Waals surface area contributed by atoms with Gasteiger partial charge in [0.2, 0.25) is 5.91 Å². The van der Waals surface area contributed by atoms with E-state index >= 15 is 0 Å². The van der Waals surface area contributed by atoms with Crippen LogP contribution in [0.2, 0.25) is 0 Å². The molecule has 0 bridgehead atoms. The average Bonchev–Trinajstić information content (AvgIpc) is 2.83. The Balaban J connectivity index is 1.70. The fourth-order valence-corrected chi connectivity index (χ4v) is 3.04. The molecule has 2 heterocycles.